The van der Waals surface area contributed by atoms with Gasteiger partial charge in [0.1, 0.15) is 6.54 Å². The van der Waals surface area contributed by atoms with Gasteiger partial charge in [0, 0.05) is 0 Å². The summed E-state index contributed by atoms with van der Waals surface area (Å²) in [6.07, 6.45) is 0. The standard InChI is InChI=1S/C9H6BrN3O/c10-13-5-9(14)12-7-3-6(4-11)1-2-8(7)13/h1-3H,5H2,(H,12,14). The van der Waals surface area contributed by atoms with Crippen LogP contribution in [0.5, 0.6) is 0 Å². The molecule has 1 aromatic carbocycles. The molecule has 0 bridgehead atoms. The minimum atomic E-state index is -0.0931. The Hall–Kier alpha value is -1.54. The molecule has 5 heteroatoms. The van der Waals surface area contributed by atoms with Crippen molar-refractivity contribution >= 4 is 33.4 Å². The van der Waals surface area contributed by atoms with Gasteiger partial charge in [-0.05, 0) is 18.2 Å². The van der Waals surface area contributed by atoms with Crippen LogP contribution in [0.2, 0.25) is 0 Å². The van der Waals surface area contributed by atoms with E-state index in [2.05, 4.69) is 21.5 Å². The number of halogens is 1. The molecule has 0 atom stereocenters. The molecule has 0 saturated heterocycles. The van der Waals surface area contributed by atoms with Gasteiger partial charge in [-0.1, -0.05) is 0 Å². The van der Waals surface area contributed by atoms with Crippen molar-refractivity contribution in [2.24, 2.45) is 0 Å². The molecule has 1 amide bonds. The number of nitrogens with zero attached hydrogens (tertiary/aromatic N) is 2. The van der Waals surface area contributed by atoms with Crippen LogP contribution < -0.4 is 9.24 Å². The number of benzene rings is 1. The Morgan fingerprint density at radius 1 is 1.57 bits per heavy atom. The van der Waals surface area contributed by atoms with E-state index < -0.39 is 0 Å². The number of hydrogen-bond donors (Lipinski definition) is 1. The minimum Gasteiger partial charge on any atom is -0.323 e. The normalized spacial score (nSPS) is 14.3. The van der Waals surface area contributed by atoms with E-state index in [1.807, 2.05) is 6.07 Å². The van der Waals surface area contributed by atoms with Crippen molar-refractivity contribution in [2.75, 3.05) is 15.8 Å². The average Bonchev–Trinajstić information content (AvgIpc) is 2.16. The topological polar surface area (TPSA) is 56.1 Å². The Kier molecular flexibility index (Phi) is 2.14. The molecule has 4 nitrogen and oxygen atoms in total. The minimum absolute atomic E-state index is 0.0931. The van der Waals surface area contributed by atoms with Gasteiger partial charge in [0.25, 0.3) is 0 Å². The van der Waals surface area contributed by atoms with Crippen molar-refractivity contribution in [1.29, 1.82) is 5.26 Å². The largest absolute Gasteiger partial charge is 0.323 e. The summed E-state index contributed by atoms with van der Waals surface area (Å²) in [5.74, 6) is -0.0931. The predicted octanol–water partition coefficient (Wildman–Crippen LogP) is 1.63. The maximum atomic E-state index is 11.2. The third-order valence-corrected chi connectivity index (χ3v) is 2.58. The Labute approximate surface area is 89.5 Å². The molecule has 0 spiro atoms. The summed E-state index contributed by atoms with van der Waals surface area (Å²) in [4.78, 5) is 11.2. The number of rotatable bonds is 0. The summed E-state index contributed by atoms with van der Waals surface area (Å²) in [6, 6.07) is 7.18. The van der Waals surface area contributed by atoms with Gasteiger partial charge in [0.05, 0.1) is 39.2 Å². The maximum absolute atomic E-state index is 11.2. The van der Waals surface area contributed by atoms with Crippen molar-refractivity contribution in [3.63, 3.8) is 0 Å². The second-order valence-corrected chi connectivity index (χ2v) is 3.77. The van der Waals surface area contributed by atoms with E-state index in [9.17, 15) is 4.79 Å². The van der Waals surface area contributed by atoms with Crippen LogP contribution in [-0.2, 0) is 4.79 Å². The number of fused-ring (bicyclic) bond motifs is 1. The summed E-state index contributed by atoms with van der Waals surface area (Å²) >= 11 is 3.26. The molecule has 1 N–H and O–H groups in total. The van der Waals surface area contributed by atoms with Crippen molar-refractivity contribution in [3.8, 4) is 6.07 Å². The lowest BCUT2D eigenvalue weighted by Gasteiger charge is -2.24. The highest BCUT2D eigenvalue weighted by molar-refractivity contribution is 9.10. The third kappa shape index (κ3) is 1.44. The van der Waals surface area contributed by atoms with E-state index >= 15 is 0 Å². The fraction of sp³-hybridized carbons (Fsp3) is 0.111. The van der Waals surface area contributed by atoms with Gasteiger partial charge < -0.3 is 5.32 Å². The van der Waals surface area contributed by atoms with Gasteiger partial charge in [-0.3, -0.25) is 8.72 Å². The lowest BCUT2D eigenvalue weighted by Crippen LogP contribution is -2.31. The van der Waals surface area contributed by atoms with E-state index in [1.54, 1.807) is 22.1 Å². The molecule has 1 aromatic rings. The van der Waals surface area contributed by atoms with Crippen molar-refractivity contribution in [1.82, 2.24) is 0 Å². The van der Waals surface area contributed by atoms with E-state index in [4.69, 9.17) is 5.26 Å². The van der Waals surface area contributed by atoms with Gasteiger partial charge in [0.15, 0.2) is 0 Å². The average molecular weight is 252 g/mol. The molecule has 1 heterocycles. The summed E-state index contributed by atoms with van der Waals surface area (Å²) in [5, 5.41) is 11.4. The van der Waals surface area contributed by atoms with Crippen LogP contribution in [0.3, 0.4) is 0 Å². The van der Waals surface area contributed by atoms with E-state index in [1.165, 1.54) is 0 Å². The zero-order valence-corrected chi connectivity index (χ0v) is 8.71. The third-order valence-electron chi connectivity index (χ3n) is 1.94. The second kappa shape index (κ2) is 3.31. The van der Waals surface area contributed by atoms with Crippen LogP contribution in [0.15, 0.2) is 18.2 Å². The predicted molar refractivity (Wildman–Crippen MR) is 56.1 cm³/mol. The van der Waals surface area contributed by atoms with E-state index in [-0.39, 0.29) is 12.5 Å². The molecule has 14 heavy (non-hydrogen) atoms. The van der Waals surface area contributed by atoms with Crippen LogP contribution in [0.25, 0.3) is 0 Å². The first-order chi connectivity index (χ1) is 6.70. The van der Waals surface area contributed by atoms with Crippen molar-refractivity contribution in [3.05, 3.63) is 23.8 Å². The van der Waals surface area contributed by atoms with Gasteiger partial charge >= 0.3 is 0 Å². The first-order valence-corrected chi connectivity index (χ1v) is 4.69. The molecule has 0 unspecified atom stereocenters. The Bertz CT molecular complexity index is 438. The van der Waals surface area contributed by atoms with Gasteiger partial charge in [-0.2, -0.15) is 5.26 Å². The van der Waals surface area contributed by atoms with Gasteiger partial charge in [-0.25, -0.2) is 0 Å². The SMILES string of the molecule is N#Cc1ccc2c(c1)NC(=O)CN2Br. The molecule has 0 saturated carbocycles. The summed E-state index contributed by atoms with van der Waals surface area (Å²) in [6.45, 7) is 0.277. The Morgan fingerprint density at radius 2 is 2.36 bits per heavy atom. The van der Waals surface area contributed by atoms with Crippen LogP contribution in [-0.4, -0.2) is 12.5 Å². The van der Waals surface area contributed by atoms with Crippen LogP contribution in [0.1, 0.15) is 5.56 Å². The molecule has 70 valence electrons. The number of carbonyl (C=O) groups excluding carboxylic acids is 1. The molecule has 1 aliphatic heterocycles. The quantitative estimate of drug-likeness (QED) is 0.714. The van der Waals surface area contributed by atoms with E-state index in [0.29, 0.717) is 11.3 Å². The zero-order chi connectivity index (χ0) is 10.1. The highest BCUT2D eigenvalue weighted by atomic mass is 79.9. The fourth-order valence-corrected chi connectivity index (χ4v) is 1.86. The van der Waals surface area contributed by atoms with Crippen LogP contribution in [0.4, 0.5) is 11.4 Å². The molecule has 0 aliphatic carbocycles. The summed E-state index contributed by atoms with van der Waals surface area (Å²) in [5.41, 5.74) is 2.06. The molecule has 2 rings (SSSR count). The van der Waals surface area contributed by atoms with E-state index in [0.717, 1.165) is 5.69 Å². The highest BCUT2D eigenvalue weighted by Crippen LogP contribution is 2.31. The fourth-order valence-electron chi connectivity index (χ4n) is 1.32. The number of carbonyl (C=O) groups is 1. The number of hydrogen-bond acceptors (Lipinski definition) is 3. The number of nitriles is 1. The van der Waals surface area contributed by atoms with Crippen LogP contribution >= 0.6 is 16.1 Å². The molecule has 0 radical (unpaired) electrons. The lowest BCUT2D eigenvalue weighted by molar-refractivity contribution is -0.114. The summed E-state index contributed by atoms with van der Waals surface area (Å²) < 4.78 is 1.67. The first-order valence-electron chi connectivity index (χ1n) is 3.98. The first kappa shape index (κ1) is 9.03. The highest BCUT2D eigenvalue weighted by Gasteiger charge is 2.20. The smallest absolute Gasteiger partial charge is 0.244 e. The molecular weight excluding hydrogens is 246 g/mol. The molecule has 0 aromatic heterocycles. The second-order valence-electron chi connectivity index (χ2n) is 2.91. The number of amides is 1. The summed E-state index contributed by atoms with van der Waals surface area (Å²) in [7, 11) is 0. The molecule has 0 fully saturated rings. The maximum Gasteiger partial charge on any atom is 0.244 e. The zero-order valence-electron chi connectivity index (χ0n) is 7.12. The van der Waals surface area contributed by atoms with Crippen LogP contribution in [0, 0.1) is 11.3 Å². The lowest BCUT2D eigenvalue weighted by atomic mass is 10.1. The van der Waals surface area contributed by atoms with Crippen molar-refractivity contribution in [2.45, 2.75) is 0 Å². The number of nitrogens with one attached hydrogen (secondary N) is 1. The van der Waals surface area contributed by atoms with Crippen molar-refractivity contribution < 1.29 is 4.79 Å². The molecule has 1 aliphatic rings. The monoisotopic (exact) mass is 251 g/mol. The number of anilines is 2. The van der Waals surface area contributed by atoms with Gasteiger partial charge in [0.2, 0.25) is 5.91 Å². The Balaban J connectivity index is 2.50. The molecular formula is C9H6BrN3O. The van der Waals surface area contributed by atoms with Gasteiger partial charge in [-0.15, -0.1) is 0 Å². The Morgan fingerprint density at radius 3 is 3.07 bits per heavy atom.